The van der Waals surface area contributed by atoms with Crippen LogP contribution < -0.4 is 9.62 Å². The van der Waals surface area contributed by atoms with Crippen LogP contribution in [0.2, 0.25) is 15.1 Å². The fourth-order valence-electron chi connectivity index (χ4n) is 3.43. The van der Waals surface area contributed by atoms with Crippen LogP contribution in [0, 0.1) is 0 Å². The lowest BCUT2D eigenvalue weighted by Crippen LogP contribution is -2.49. The summed E-state index contributed by atoms with van der Waals surface area (Å²) in [4.78, 5) is 27.4. The first-order chi connectivity index (χ1) is 16.3. The maximum absolute atomic E-state index is 13.2. The van der Waals surface area contributed by atoms with Crippen LogP contribution in [0.3, 0.4) is 0 Å². The number of benzene rings is 2. The van der Waals surface area contributed by atoms with E-state index in [1.165, 1.54) is 17.0 Å². The Bertz CT molecular complexity index is 1140. The molecule has 192 valence electrons. The first-order valence-corrected chi connectivity index (χ1v) is 14.0. The normalized spacial score (nSPS) is 12.3. The van der Waals surface area contributed by atoms with Gasteiger partial charge >= 0.3 is 0 Å². The highest BCUT2D eigenvalue weighted by molar-refractivity contribution is 7.92. The molecule has 0 spiro atoms. The number of rotatable bonds is 11. The average molecular weight is 563 g/mol. The summed E-state index contributed by atoms with van der Waals surface area (Å²) >= 11 is 18.2. The Balaban J connectivity index is 2.20. The predicted molar refractivity (Wildman–Crippen MR) is 143 cm³/mol. The van der Waals surface area contributed by atoms with E-state index in [9.17, 15) is 18.0 Å². The van der Waals surface area contributed by atoms with Crippen molar-refractivity contribution in [2.24, 2.45) is 0 Å². The smallest absolute Gasteiger partial charge is 0.242 e. The molecular weight excluding hydrogens is 533 g/mol. The molecule has 1 N–H and O–H groups in total. The zero-order valence-corrected chi connectivity index (χ0v) is 23.2. The van der Waals surface area contributed by atoms with Gasteiger partial charge in [0.1, 0.15) is 6.04 Å². The summed E-state index contributed by atoms with van der Waals surface area (Å²) in [5, 5.41) is 3.97. The number of amides is 2. The van der Waals surface area contributed by atoms with E-state index in [0.717, 1.165) is 16.1 Å². The highest BCUT2D eigenvalue weighted by Crippen LogP contribution is 2.31. The second kappa shape index (κ2) is 12.8. The quantitative estimate of drug-likeness (QED) is 0.411. The number of hydrogen-bond donors (Lipinski definition) is 1. The molecule has 1 unspecified atom stereocenters. The first kappa shape index (κ1) is 29.2. The van der Waals surface area contributed by atoms with Gasteiger partial charge in [-0.25, -0.2) is 8.42 Å². The number of nitrogens with one attached hydrogen (secondary N) is 1. The molecule has 0 bridgehead atoms. The minimum absolute atomic E-state index is 0.0198. The second-order valence-electron chi connectivity index (χ2n) is 8.52. The van der Waals surface area contributed by atoms with Crippen molar-refractivity contribution in [3.05, 3.63) is 63.1 Å². The molecule has 0 heterocycles. The summed E-state index contributed by atoms with van der Waals surface area (Å²) in [7, 11) is -3.68. The molecule has 0 fully saturated rings. The molecule has 2 amide bonds. The minimum Gasteiger partial charge on any atom is -0.352 e. The number of nitrogens with zero attached hydrogens (tertiary/aromatic N) is 2. The van der Waals surface area contributed by atoms with Gasteiger partial charge < -0.3 is 10.2 Å². The Labute approximate surface area is 222 Å². The third kappa shape index (κ3) is 8.86. The van der Waals surface area contributed by atoms with Crippen LogP contribution in [0.1, 0.15) is 39.2 Å². The van der Waals surface area contributed by atoms with Gasteiger partial charge in [0.2, 0.25) is 21.8 Å². The van der Waals surface area contributed by atoms with Gasteiger partial charge in [0.05, 0.1) is 17.0 Å². The monoisotopic (exact) mass is 561 g/mol. The number of sulfonamides is 1. The van der Waals surface area contributed by atoms with Crippen molar-refractivity contribution >= 4 is 62.3 Å². The Morgan fingerprint density at radius 3 is 2.14 bits per heavy atom. The molecule has 0 aliphatic heterocycles. The van der Waals surface area contributed by atoms with Gasteiger partial charge in [0.25, 0.3) is 0 Å². The summed E-state index contributed by atoms with van der Waals surface area (Å²) < 4.78 is 26.0. The second-order valence-corrected chi connectivity index (χ2v) is 11.7. The molecule has 35 heavy (non-hydrogen) atoms. The van der Waals surface area contributed by atoms with E-state index < -0.39 is 16.1 Å². The van der Waals surface area contributed by atoms with E-state index >= 15 is 0 Å². The molecule has 0 saturated heterocycles. The van der Waals surface area contributed by atoms with Crippen LogP contribution in [0.5, 0.6) is 0 Å². The molecule has 7 nitrogen and oxygen atoms in total. The zero-order chi connectivity index (χ0) is 26.3. The minimum atomic E-state index is -3.68. The Morgan fingerprint density at radius 1 is 0.971 bits per heavy atom. The number of carbonyl (C=O) groups is 2. The third-order valence-corrected chi connectivity index (χ3v) is 7.18. The molecule has 0 radical (unpaired) electrons. The van der Waals surface area contributed by atoms with Crippen molar-refractivity contribution in [2.75, 3.05) is 17.1 Å². The number of halogens is 3. The largest absolute Gasteiger partial charge is 0.352 e. The van der Waals surface area contributed by atoms with Gasteiger partial charge in [-0.3, -0.25) is 13.9 Å². The summed E-state index contributed by atoms with van der Waals surface area (Å²) in [6.07, 6.45) is 1.30. The summed E-state index contributed by atoms with van der Waals surface area (Å²) in [5.74, 6) is -0.553. The molecule has 2 aromatic carbocycles. The molecule has 2 rings (SSSR count). The van der Waals surface area contributed by atoms with Gasteiger partial charge in [0.15, 0.2) is 0 Å². The van der Waals surface area contributed by atoms with Crippen LogP contribution in [-0.2, 0) is 26.2 Å². The highest BCUT2D eigenvalue weighted by atomic mass is 35.5. The molecule has 0 aromatic heterocycles. The van der Waals surface area contributed by atoms with E-state index in [1.807, 2.05) is 13.8 Å². The predicted octanol–water partition coefficient (Wildman–Crippen LogP) is 5.13. The maximum Gasteiger partial charge on any atom is 0.242 e. The topological polar surface area (TPSA) is 86.8 Å². The van der Waals surface area contributed by atoms with Crippen molar-refractivity contribution in [3.63, 3.8) is 0 Å². The van der Waals surface area contributed by atoms with Gasteiger partial charge in [-0.1, -0.05) is 46.9 Å². The molecule has 0 aliphatic carbocycles. The molecule has 11 heteroatoms. The zero-order valence-electron chi connectivity index (χ0n) is 20.1. The van der Waals surface area contributed by atoms with Gasteiger partial charge in [-0.05, 0) is 63.1 Å². The lowest BCUT2D eigenvalue weighted by molar-refractivity contribution is -0.140. The standard InChI is InChI=1S/C24H30Cl3N3O4S/c1-16(2)28-24(32)17(3)29(15-18-7-9-19(25)10-8-18)23(31)6-5-13-30(35(4,33)34)22-14-20(26)11-12-21(22)27/h7-12,14,16-17H,5-6,13,15H2,1-4H3,(H,28,32). The van der Waals surface area contributed by atoms with Gasteiger partial charge in [0, 0.05) is 35.6 Å². The number of hydrogen-bond acceptors (Lipinski definition) is 4. The van der Waals surface area contributed by atoms with E-state index in [4.69, 9.17) is 34.8 Å². The summed E-state index contributed by atoms with van der Waals surface area (Å²) in [6.45, 7) is 5.58. The SMILES string of the molecule is CC(C)NC(=O)C(C)N(Cc1ccc(Cl)cc1)C(=O)CCCN(c1cc(Cl)ccc1Cl)S(C)(=O)=O. The molecular formula is C24H30Cl3N3O4S. The Hall–Kier alpha value is -2.00. The molecule has 0 saturated carbocycles. The number of carbonyl (C=O) groups excluding carboxylic acids is 2. The fraction of sp³-hybridized carbons (Fsp3) is 0.417. The van der Waals surface area contributed by atoms with Crippen LogP contribution >= 0.6 is 34.8 Å². The fourth-order valence-corrected chi connectivity index (χ4v) is 4.96. The lowest BCUT2D eigenvalue weighted by atomic mass is 10.1. The van der Waals surface area contributed by atoms with E-state index in [0.29, 0.717) is 10.0 Å². The van der Waals surface area contributed by atoms with Crippen molar-refractivity contribution in [2.45, 2.75) is 52.2 Å². The van der Waals surface area contributed by atoms with E-state index in [1.54, 1.807) is 37.3 Å². The highest BCUT2D eigenvalue weighted by Gasteiger charge is 2.27. The molecule has 1 atom stereocenters. The number of anilines is 1. The van der Waals surface area contributed by atoms with Crippen molar-refractivity contribution in [1.82, 2.24) is 10.2 Å². The Kier molecular flexibility index (Phi) is 10.7. The van der Waals surface area contributed by atoms with Crippen LogP contribution in [0.15, 0.2) is 42.5 Å². The van der Waals surface area contributed by atoms with Crippen molar-refractivity contribution in [1.29, 1.82) is 0 Å². The molecule has 0 aliphatic rings. The lowest BCUT2D eigenvalue weighted by Gasteiger charge is -2.30. The first-order valence-electron chi connectivity index (χ1n) is 11.1. The van der Waals surface area contributed by atoms with Gasteiger partial charge in [-0.2, -0.15) is 0 Å². The van der Waals surface area contributed by atoms with Crippen LogP contribution in [0.25, 0.3) is 0 Å². The van der Waals surface area contributed by atoms with Gasteiger partial charge in [-0.15, -0.1) is 0 Å². The van der Waals surface area contributed by atoms with Crippen molar-refractivity contribution in [3.8, 4) is 0 Å². The van der Waals surface area contributed by atoms with E-state index in [-0.39, 0.29) is 54.5 Å². The summed E-state index contributed by atoms with van der Waals surface area (Å²) in [6, 6.07) is 10.8. The average Bonchev–Trinajstić information content (AvgIpc) is 2.76. The third-order valence-electron chi connectivity index (χ3n) is 5.19. The van der Waals surface area contributed by atoms with E-state index in [2.05, 4.69) is 5.32 Å². The maximum atomic E-state index is 13.2. The van der Waals surface area contributed by atoms with Crippen LogP contribution in [0.4, 0.5) is 5.69 Å². The summed E-state index contributed by atoms with van der Waals surface area (Å²) in [5.41, 5.74) is 1.06. The van der Waals surface area contributed by atoms with Crippen LogP contribution in [-0.4, -0.2) is 50.0 Å². The molecule has 2 aromatic rings. The van der Waals surface area contributed by atoms with Crippen molar-refractivity contribution < 1.29 is 18.0 Å². The Morgan fingerprint density at radius 2 is 1.57 bits per heavy atom.